The van der Waals surface area contributed by atoms with E-state index in [4.69, 9.17) is 23.3 Å². The van der Waals surface area contributed by atoms with Crippen LogP contribution >= 0.6 is 7.82 Å². The first-order chi connectivity index (χ1) is 39.2. The lowest BCUT2D eigenvalue weighted by Gasteiger charge is -2.21. The Bertz CT molecular complexity index is 1800. The van der Waals surface area contributed by atoms with Gasteiger partial charge in [0.1, 0.15) is 12.7 Å². The monoisotopic (exact) mass is 1140 g/mol. The van der Waals surface area contributed by atoms with Gasteiger partial charge >= 0.3 is 25.7 Å². The van der Waals surface area contributed by atoms with E-state index in [1.165, 1.54) is 64.2 Å². The topological polar surface area (TPSA) is 155 Å². The number of rotatable bonds is 57. The molecular weight excluding hydrogens is 1020 g/mol. The highest BCUT2D eigenvalue weighted by molar-refractivity contribution is 7.47. The molecule has 0 heterocycles. The van der Waals surface area contributed by atoms with Gasteiger partial charge in [-0.2, -0.15) is 0 Å². The summed E-state index contributed by atoms with van der Waals surface area (Å²) in [5.74, 6) is -1.56. The Kier molecular flexibility index (Phi) is 57.8. The molecule has 12 heteroatoms. The molecule has 2 N–H and O–H groups in total. The number of aliphatic hydroxyl groups is 1. The van der Waals surface area contributed by atoms with Crippen LogP contribution in [0.5, 0.6) is 0 Å². The second kappa shape index (κ2) is 61.0. The van der Waals surface area contributed by atoms with Crippen molar-refractivity contribution in [1.29, 1.82) is 0 Å². The van der Waals surface area contributed by atoms with Crippen molar-refractivity contribution in [2.75, 3.05) is 26.4 Å². The average Bonchev–Trinajstić information content (AvgIpc) is 3.45. The lowest BCUT2D eigenvalue weighted by molar-refractivity contribution is -0.161. The third-order valence-electron chi connectivity index (χ3n) is 12.8. The first-order valence-corrected chi connectivity index (χ1v) is 32.9. The van der Waals surface area contributed by atoms with Crippen molar-refractivity contribution in [1.82, 2.24) is 0 Å². The number of ether oxygens (including phenoxy) is 3. The maximum Gasteiger partial charge on any atom is 0.472 e. The van der Waals surface area contributed by atoms with Crippen molar-refractivity contribution in [3.05, 3.63) is 122 Å². The van der Waals surface area contributed by atoms with Crippen LogP contribution in [0.3, 0.4) is 0 Å². The Morgan fingerprint density at radius 2 is 0.662 bits per heavy atom. The van der Waals surface area contributed by atoms with Crippen molar-refractivity contribution >= 4 is 25.7 Å². The Hall–Kier alpha value is -4.12. The molecule has 0 aliphatic carbocycles. The minimum Gasteiger partial charge on any atom is -0.462 e. The van der Waals surface area contributed by atoms with Gasteiger partial charge in [0.25, 0.3) is 0 Å². The predicted molar refractivity (Wildman–Crippen MR) is 334 cm³/mol. The molecule has 3 unspecified atom stereocenters. The van der Waals surface area contributed by atoms with Gasteiger partial charge in [-0.1, -0.05) is 226 Å². The Labute approximate surface area is 487 Å². The van der Waals surface area contributed by atoms with Crippen LogP contribution in [0.4, 0.5) is 0 Å². The van der Waals surface area contributed by atoms with E-state index in [-0.39, 0.29) is 25.9 Å². The zero-order valence-electron chi connectivity index (χ0n) is 50.5. The molecule has 80 heavy (non-hydrogen) atoms. The molecule has 0 aliphatic heterocycles. The first-order valence-electron chi connectivity index (χ1n) is 31.4. The van der Waals surface area contributed by atoms with Crippen LogP contribution in [0.2, 0.25) is 0 Å². The molecular formula is C68H113O11P. The summed E-state index contributed by atoms with van der Waals surface area (Å²) in [5.41, 5.74) is 0. The molecule has 456 valence electrons. The fourth-order valence-electron chi connectivity index (χ4n) is 8.08. The summed E-state index contributed by atoms with van der Waals surface area (Å²) in [6.45, 7) is 4.40. The molecule has 0 radical (unpaired) electrons. The number of phosphoric acid groups is 1. The predicted octanol–water partition coefficient (Wildman–Crippen LogP) is 19.1. The van der Waals surface area contributed by atoms with Crippen molar-refractivity contribution in [2.45, 2.75) is 264 Å². The molecule has 0 amide bonds. The summed E-state index contributed by atoms with van der Waals surface area (Å²) in [6, 6.07) is 0. The highest BCUT2D eigenvalue weighted by atomic mass is 31.2. The van der Waals surface area contributed by atoms with Gasteiger partial charge in [0.15, 0.2) is 6.10 Å². The van der Waals surface area contributed by atoms with Crippen LogP contribution in [0, 0.1) is 0 Å². The van der Waals surface area contributed by atoms with Gasteiger partial charge in [0.05, 0.1) is 19.8 Å². The van der Waals surface area contributed by atoms with E-state index in [1.54, 1.807) is 0 Å². The van der Waals surface area contributed by atoms with Crippen molar-refractivity contribution in [3.8, 4) is 0 Å². The third-order valence-corrected chi connectivity index (χ3v) is 13.8. The number of esters is 3. The SMILES string of the molecule is CC/C=C\C/C=C\C/C=C\C/C=C\C/C=C\CCCC(=O)OC(CO)COP(=O)(O)OCC(COC(=O)CCCCCCCCC/C=C\C/C=C\CCCCC)OC(=O)CCCCCCCC/C=C\C/C=C\C/C=C\CCCCC. The van der Waals surface area contributed by atoms with Crippen LogP contribution in [0.15, 0.2) is 122 Å². The molecule has 0 aliphatic rings. The average molecular weight is 1140 g/mol. The van der Waals surface area contributed by atoms with Crippen molar-refractivity contribution in [3.63, 3.8) is 0 Å². The number of hydrogen-bond acceptors (Lipinski definition) is 10. The smallest absolute Gasteiger partial charge is 0.462 e. The van der Waals surface area contributed by atoms with E-state index in [9.17, 15) is 28.9 Å². The minimum atomic E-state index is -4.78. The number of allylic oxidation sites excluding steroid dienone is 20. The summed E-state index contributed by atoms with van der Waals surface area (Å²) >= 11 is 0. The number of unbranched alkanes of at least 4 members (excludes halogenated alkanes) is 20. The lowest BCUT2D eigenvalue weighted by Crippen LogP contribution is -2.30. The number of phosphoric ester groups is 1. The molecule has 0 aromatic heterocycles. The zero-order valence-corrected chi connectivity index (χ0v) is 51.4. The van der Waals surface area contributed by atoms with Gasteiger partial charge < -0.3 is 24.2 Å². The molecule has 0 bridgehead atoms. The standard InChI is InChI=1S/C68H113O11P/c1-4-7-10-13-16-19-22-25-28-31-32-35-38-41-44-47-50-53-56-59-68(72)79-65(61-75-66(70)57-54-51-48-45-42-39-36-33-29-26-23-20-17-14-11-8-5-2)63-77-80(73,74)76-62-64(60-69)78-67(71)58-55-52-49-46-43-40-37-34-30-27-24-21-18-15-12-9-6-3/h9,12,16-21,25-30,32,35,37,40,46,49,64-65,69H,4-8,10-11,13-15,22-24,31,33-34,36,38-39,41-45,47-48,50-63H2,1-3H3,(H,73,74)/b12-9-,19-16-,20-17-,21-18-,28-25-,29-26-,30-27-,35-32-,40-37-,49-46-. The van der Waals surface area contributed by atoms with E-state index in [0.717, 1.165) is 122 Å². The van der Waals surface area contributed by atoms with Crippen LogP contribution in [-0.4, -0.2) is 66.5 Å². The van der Waals surface area contributed by atoms with Crippen LogP contribution in [0.1, 0.15) is 252 Å². The molecule has 0 spiro atoms. The first kappa shape index (κ1) is 75.9. The summed E-state index contributed by atoms with van der Waals surface area (Å²) in [4.78, 5) is 48.7. The normalized spacial score (nSPS) is 14.1. The van der Waals surface area contributed by atoms with E-state index >= 15 is 0 Å². The lowest BCUT2D eigenvalue weighted by atomic mass is 10.1. The summed E-state index contributed by atoms with van der Waals surface area (Å²) < 4.78 is 39.6. The molecule has 0 aromatic carbocycles. The van der Waals surface area contributed by atoms with Gasteiger partial charge in [-0.15, -0.1) is 0 Å². The van der Waals surface area contributed by atoms with Crippen molar-refractivity contribution in [2.24, 2.45) is 0 Å². The molecule has 0 rings (SSSR count). The van der Waals surface area contributed by atoms with Crippen LogP contribution in [-0.2, 0) is 42.2 Å². The second-order valence-electron chi connectivity index (χ2n) is 20.5. The number of carbonyl (C=O) groups is 3. The molecule has 11 nitrogen and oxygen atoms in total. The second-order valence-corrected chi connectivity index (χ2v) is 21.9. The quantitative estimate of drug-likeness (QED) is 0.0197. The van der Waals surface area contributed by atoms with E-state index in [2.05, 4.69) is 130 Å². The molecule has 0 aromatic rings. The maximum atomic E-state index is 13.0. The van der Waals surface area contributed by atoms with Crippen LogP contribution in [0.25, 0.3) is 0 Å². The Morgan fingerprint density at radius 3 is 1.05 bits per heavy atom. The van der Waals surface area contributed by atoms with Gasteiger partial charge in [0, 0.05) is 19.3 Å². The Morgan fingerprint density at radius 1 is 0.362 bits per heavy atom. The summed E-state index contributed by atoms with van der Waals surface area (Å²) in [7, 11) is -4.78. The maximum absolute atomic E-state index is 13.0. The molecule has 3 atom stereocenters. The van der Waals surface area contributed by atoms with E-state index in [0.29, 0.717) is 25.7 Å². The summed E-state index contributed by atoms with van der Waals surface area (Å²) in [5, 5.41) is 9.84. The van der Waals surface area contributed by atoms with Gasteiger partial charge in [0.2, 0.25) is 0 Å². The van der Waals surface area contributed by atoms with Crippen molar-refractivity contribution < 1.29 is 52.2 Å². The zero-order chi connectivity index (χ0) is 58.3. The Balaban J connectivity index is 4.82. The highest BCUT2D eigenvalue weighted by Crippen LogP contribution is 2.43. The summed E-state index contributed by atoms with van der Waals surface area (Å²) in [6.07, 6.45) is 75.8. The molecule has 0 saturated carbocycles. The number of carbonyl (C=O) groups excluding carboxylic acids is 3. The fraction of sp³-hybridized carbons (Fsp3) is 0.662. The highest BCUT2D eigenvalue weighted by Gasteiger charge is 2.28. The minimum absolute atomic E-state index is 0.0917. The molecule has 0 saturated heterocycles. The molecule has 0 fully saturated rings. The van der Waals surface area contributed by atoms with E-state index in [1.807, 2.05) is 12.2 Å². The third kappa shape index (κ3) is 58.5. The van der Waals surface area contributed by atoms with Gasteiger partial charge in [-0.25, -0.2) is 4.57 Å². The number of aliphatic hydroxyl groups excluding tert-OH is 1. The largest absolute Gasteiger partial charge is 0.472 e. The fourth-order valence-corrected chi connectivity index (χ4v) is 8.86. The number of hydrogen-bond donors (Lipinski definition) is 2. The van der Waals surface area contributed by atoms with Crippen LogP contribution < -0.4 is 0 Å². The van der Waals surface area contributed by atoms with E-state index < -0.39 is 57.8 Å². The van der Waals surface area contributed by atoms with Gasteiger partial charge in [-0.05, 0) is 128 Å². The van der Waals surface area contributed by atoms with Gasteiger partial charge in [-0.3, -0.25) is 23.4 Å².